The van der Waals surface area contributed by atoms with E-state index < -0.39 is 0 Å². The first-order chi connectivity index (χ1) is 11.2. The Bertz CT molecular complexity index is 634. The number of nitrogens with one attached hydrogen (secondary N) is 1. The minimum absolute atomic E-state index is 0.0219. The van der Waals surface area contributed by atoms with Crippen molar-refractivity contribution in [2.45, 2.75) is 13.5 Å². The lowest BCUT2D eigenvalue weighted by Crippen LogP contribution is -2.49. The van der Waals surface area contributed by atoms with Crippen LogP contribution in [0, 0.1) is 6.92 Å². The van der Waals surface area contributed by atoms with Crippen LogP contribution >= 0.6 is 0 Å². The van der Waals surface area contributed by atoms with Gasteiger partial charge >= 0.3 is 6.03 Å². The molecule has 1 fully saturated rings. The summed E-state index contributed by atoms with van der Waals surface area (Å²) >= 11 is 0. The quantitative estimate of drug-likeness (QED) is 0.948. The van der Waals surface area contributed by atoms with E-state index in [4.69, 9.17) is 0 Å². The van der Waals surface area contributed by atoms with E-state index >= 15 is 0 Å². The second kappa shape index (κ2) is 7.24. The molecule has 2 amide bonds. The first-order valence-electron chi connectivity index (χ1n) is 7.95. The zero-order chi connectivity index (χ0) is 16.1. The summed E-state index contributed by atoms with van der Waals surface area (Å²) in [5.74, 6) is 0. The first-order valence-corrected chi connectivity index (χ1v) is 7.95. The maximum Gasteiger partial charge on any atom is 0.321 e. The molecule has 1 aliphatic rings. The van der Waals surface area contributed by atoms with E-state index in [1.807, 2.05) is 60.5 Å². The van der Waals surface area contributed by atoms with Crippen molar-refractivity contribution < 1.29 is 4.79 Å². The van der Waals surface area contributed by atoms with E-state index in [2.05, 4.69) is 15.2 Å². The van der Waals surface area contributed by atoms with Crippen molar-refractivity contribution in [2.75, 3.05) is 31.5 Å². The van der Waals surface area contributed by atoms with Crippen LogP contribution in [0.1, 0.15) is 11.3 Å². The monoisotopic (exact) mass is 310 g/mol. The van der Waals surface area contributed by atoms with Crippen LogP contribution in [0.3, 0.4) is 0 Å². The lowest BCUT2D eigenvalue weighted by atomic mass is 10.2. The highest BCUT2D eigenvalue weighted by Gasteiger charge is 2.21. The molecule has 0 spiro atoms. The highest BCUT2D eigenvalue weighted by atomic mass is 16.2. The predicted octanol–water partition coefficient (Wildman–Crippen LogP) is 2.74. The molecule has 0 aliphatic carbocycles. The summed E-state index contributed by atoms with van der Waals surface area (Å²) in [7, 11) is 0. The van der Waals surface area contributed by atoms with Crippen molar-refractivity contribution in [1.82, 2.24) is 14.8 Å². The van der Waals surface area contributed by atoms with Crippen molar-refractivity contribution in [1.29, 1.82) is 0 Å². The number of hydrogen-bond acceptors (Lipinski definition) is 3. The fraction of sp³-hybridized carbons (Fsp3) is 0.333. The number of pyridine rings is 1. The van der Waals surface area contributed by atoms with Gasteiger partial charge in [0.05, 0.1) is 5.69 Å². The van der Waals surface area contributed by atoms with Gasteiger partial charge in [0, 0.05) is 44.6 Å². The van der Waals surface area contributed by atoms with E-state index in [0.29, 0.717) is 0 Å². The zero-order valence-electron chi connectivity index (χ0n) is 13.4. The average Bonchev–Trinajstić information content (AvgIpc) is 2.58. The average molecular weight is 310 g/mol. The Balaban J connectivity index is 1.48. The number of carbonyl (C=O) groups is 1. The zero-order valence-corrected chi connectivity index (χ0v) is 13.4. The van der Waals surface area contributed by atoms with E-state index in [1.54, 1.807) is 0 Å². The minimum Gasteiger partial charge on any atom is -0.322 e. The van der Waals surface area contributed by atoms with Gasteiger partial charge in [-0.2, -0.15) is 0 Å². The highest BCUT2D eigenvalue weighted by Crippen LogP contribution is 2.11. The number of rotatable bonds is 3. The fourth-order valence-corrected chi connectivity index (χ4v) is 2.67. The molecule has 0 bridgehead atoms. The summed E-state index contributed by atoms with van der Waals surface area (Å²) in [6.45, 7) is 6.10. The molecule has 1 saturated heterocycles. The van der Waals surface area contributed by atoms with E-state index in [0.717, 1.165) is 44.1 Å². The van der Waals surface area contributed by atoms with Crippen molar-refractivity contribution >= 4 is 11.7 Å². The molecule has 2 aromatic rings. The normalized spacial score (nSPS) is 15.4. The molecule has 1 aromatic heterocycles. The lowest BCUT2D eigenvalue weighted by Gasteiger charge is -2.34. The number of urea groups is 1. The number of anilines is 1. The van der Waals surface area contributed by atoms with Crippen molar-refractivity contribution in [2.24, 2.45) is 0 Å². The predicted molar refractivity (Wildman–Crippen MR) is 91.3 cm³/mol. The van der Waals surface area contributed by atoms with E-state index in [9.17, 15) is 4.79 Å². The Kier molecular flexibility index (Phi) is 4.88. The van der Waals surface area contributed by atoms with Crippen LogP contribution in [0.4, 0.5) is 10.5 Å². The number of aryl methyl sites for hydroxylation is 1. The van der Waals surface area contributed by atoms with Gasteiger partial charge < -0.3 is 10.2 Å². The third-order valence-corrected chi connectivity index (χ3v) is 4.07. The number of benzene rings is 1. The highest BCUT2D eigenvalue weighted by molar-refractivity contribution is 5.89. The standard InChI is InChI=1S/C18H22N4O/c1-15-5-7-16(8-6-15)20-18(23)22-12-10-21(11-13-22)14-17-4-2-3-9-19-17/h2-9H,10-14H2,1H3,(H,20,23). The van der Waals surface area contributed by atoms with Gasteiger partial charge in [-0.1, -0.05) is 23.8 Å². The molecule has 3 rings (SSSR count). The summed E-state index contributed by atoms with van der Waals surface area (Å²) in [5, 5.41) is 2.96. The number of carbonyl (C=O) groups excluding carboxylic acids is 1. The Labute approximate surface area is 136 Å². The number of piperazine rings is 1. The number of hydrogen-bond donors (Lipinski definition) is 1. The van der Waals surface area contributed by atoms with Gasteiger partial charge in [-0.25, -0.2) is 4.79 Å². The minimum atomic E-state index is -0.0219. The summed E-state index contributed by atoms with van der Waals surface area (Å²) in [6, 6.07) is 13.8. The van der Waals surface area contributed by atoms with Crippen LogP contribution in [0.25, 0.3) is 0 Å². The Morgan fingerprint density at radius 1 is 1.09 bits per heavy atom. The smallest absolute Gasteiger partial charge is 0.321 e. The van der Waals surface area contributed by atoms with Crippen LogP contribution in [0.5, 0.6) is 0 Å². The Hall–Kier alpha value is -2.40. The second-order valence-electron chi connectivity index (χ2n) is 5.88. The SMILES string of the molecule is Cc1ccc(NC(=O)N2CCN(Cc3ccccn3)CC2)cc1. The molecule has 5 nitrogen and oxygen atoms in total. The molecular weight excluding hydrogens is 288 g/mol. The van der Waals surface area contributed by atoms with Gasteiger partial charge in [-0.3, -0.25) is 9.88 Å². The largest absolute Gasteiger partial charge is 0.322 e. The van der Waals surface area contributed by atoms with E-state index in [1.165, 1.54) is 5.56 Å². The van der Waals surface area contributed by atoms with Crippen LogP contribution in [-0.2, 0) is 6.54 Å². The molecule has 1 N–H and O–H groups in total. The topological polar surface area (TPSA) is 48.5 Å². The maximum absolute atomic E-state index is 12.3. The molecule has 0 atom stereocenters. The molecule has 1 aromatic carbocycles. The first kappa shape index (κ1) is 15.5. The number of nitrogens with zero attached hydrogens (tertiary/aromatic N) is 3. The van der Waals surface area contributed by atoms with Gasteiger partial charge in [-0.05, 0) is 31.2 Å². The van der Waals surface area contributed by atoms with Gasteiger partial charge in [-0.15, -0.1) is 0 Å². The van der Waals surface area contributed by atoms with Crippen molar-refractivity contribution in [3.05, 3.63) is 59.9 Å². The summed E-state index contributed by atoms with van der Waals surface area (Å²) in [6.07, 6.45) is 1.82. The van der Waals surface area contributed by atoms with E-state index in [-0.39, 0.29) is 6.03 Å². The second-order valence-corrected chi connectivity index (χ2v) is 5.88. The van der Waals surface area contributed by atoms with Crippen LogP contribution in [-0.4, -0.2) is 47.0 Å². The van der Waals surface area contributed by atoms with Gasteiger partial charge in [0.15, 0.2) is 0 Å². The third kappa shape index (κ3) is 4.29. The molecule has 23 heavy (non-hydrogen) atoms. The summed E-state index contributed by atoms with van der Waals surface area (Å²) in [4.78, 5) is 20.9. The molecule has 2 heterocycles. The molecule has 0 unspecified atom stereocenters. The maximum atomic E-state index is 12.3. The molecular formula is C18H22N4O. The molecule has 120 valence electrons. The van der Waals surface area contributed by atoms with Crippen LogP contribution in [0.15, 0.2) is 48.7 Å². The molecule has 0 radical (unpaired) electrons. The fourth-order valence-electron chi connectivity index (χ4n) is 2.67. The Morgan fingerprint density at radius 2 is 1.83 bits per heavy atom. The van der Waals surface area contributed by atoms with Gasteiger partial charge in [0.1, 0.15) is 0 Å². The number of amides is 2. The van der Waals surface area contributed by atoms with Crippen LogP contribution < -0.4 is 5.32 Å². The van der Waals surface area contributed by atoms with Crippen LogP contribution in [0.2, 0.25) is 0 Å². The molecule has 5 heteroatoms. The summed E-state index contributed by atoms with van der Waals surface area (Å²) < 4.78 is 0. The summed E-state index contributed by atoms with van der Waals surface area (Å²) in [5.41, 5.74) is 3.10. The molecule has 0 saturated carbocycles. The molecule has 1 aliphatic heterocycles. The van der Waals surface area contributed by atoms with Crippen molar-refractivity contribution in [3.8, 4) is 0 Å². The van der Waals surface area contributed by atoms with Gasteiger partial charge in [0.2, 0.25) is 0 Å². The Morgan fingerprint density at radius 3 is 2.48 bits per heavy atom. The number of aromatic nitrogens is 1. The lowest BCUT2D eigenvalue weighted by molar-refractivity contribution is 0.142. The third-order valence-electron chi connectivity index (χ3n) is 4.07. The van der Waals surface area contributed by atoms with Crippen molar-refractivity contribution in [3.63, 3.8) is 0 Å². The van der Waals surface area contributed by atoms with Gasteiger partial charge in [0.25, 0.3) is 0 Å².